The molecule has 0 unspecified atom stereocenters. The molecule has 1 heterocycles. The molecule has 0 radical (unpaired) electrons. The molecule has 178 valence electrons. The molecule has 0 fully saturated rings. The number of hydrogen-bond donors (Lipinski definition) is 0. The lowest BCUT2D eigenvalue weighted by molar-refractivity contribution is 0.675. The molecule has 3 aromatic carbocycles. The minimum Gasteiger partial charge on any atom is -0.324 e. The van der Waals surface area contributed by atoms with E-state index >= 15 is 0 Å². The summed E-state index contributed by atoms with van der Waals surface area (Å²) in [5.41, 5.74) is 8.27. The number of unbranched alkanes of at least 4 members (excludes halogenated alkanes) is 1. The Labute approximate surface area is 210 Å². The summed E-state index contributed by atoms with van der Waals surface area (Å²) in [6.07, 6.45) is 5.15. The van der Waals surface area contributed by atoms with Gasteiger partial charge < -0.3 is 4.57 Å². The van der Waals surface area contributed by atoms with Crippen LogP contribution in [0.3, 0.4) is 0 Å². The van der Waals surface area contributed by atoms with Gasteiger partial charge in [-0.1, -0.05) is 94.4 Å². The zero-order valence-electron chi connectivity index (χ0n) is 21.4. The van der Waals surface area contributed by atoms with Gasteiger partial charge in [-0.05, 0) is 53.8 Å². The molecule has 0 saturated carbocycles. The summed E-state index contributed by atoms with van der Waals surface area (Å²) >= 11 is 0. The van der Waals surface area contributed by atoms with Crippen molar-refractivity contribution in [2.45, 2.75) is 53.5 Å². The van der Waals surface area contributed by atoms with Gasteiger partial charge in [0.25, 0.3) is 0 Å². The fraction of sp³-hybridized carbons (Fsp3) is 0.250. The van der Waals surface area contributed by atoms with Crippen molar-refractivity contribution in [1.82, 2.24) is 9.55 Å². The van der Waals surface area contributed by atoms with Crippen LogP contribution >= 0.6 is 0 Å². The lowest BCUT2D eigenvalue weighted by Gasteiger charge is -2.12. The van der Waals surface area contributed by atoms with Crippen LogP contribution in [0.15, 0.2) is 79.4 Å². The van der Waals surface area contributed by atoms with Crippen molar-refractivity contribution < 1.29 is 0 Å². The van der Waals surface area contributed by atoms with Crippen molar-refractivity contribution >= 4 is 6.08 Å². The van der Waals surface area contributed by atoms with Crippen molar-refractivity contribution in [2.24, 2.45) is 0 Å². The van der Waals surface area contributed by atoms with E-state index < -0.39 is 0 Å². The molecule has 0 aliphatic heterocycles. The van der Waals surface area contributed by atoms with Gasteiger partial charge >= 0.3 is 0 Å². The highest BCUT2D eigenvalue weighted by Crippen LogP contribution is 2.30. The van der Waals surface area contributed by atoms with Crippen LogP contribution in [0.5, 0.6) is 0 Å². The van der Waals surface area contributed by atoms with E-state index in [4.69, 9.17) is 4.98 Å². The molecule has 0 atom stereocenters. The summed E-state index contributed by atoms with van der Waals surface area (Å²) in [7, 11) is 0. The van der Waals surface area contributed by atoms with Gasteiger partial charge in [0, 0.05) is 18.5 Å². The fourth-order valence-electron chi connectivity index (χ4n) is 4.27. The monoisotopic (exact) mass is 461 g/mol. The average molecular weight is 462 g/mol. The first-order chi connectivity index (χ1) is 17.1. The van der Waals surface area contributed by atoms with Crippen LogP contribution < -0.4 is 0 Å². The lowest BCUT2D eigenvalue weighted by atomic mass is 9.94. The Morgan fingerprint density at radius 1 is 0.943 bits per heavy atom. The zero-order chi connectivity index (χ0) is 25.2. The second kappa shape index (κ2) is 12.5. The van der Waals surface area contributed by atoms with Crippen LogP contribution in [0.25, 0.3) is 28.3 Å². The van der Waals surface area contributed by atoms with E-state index in [1.807, 2.05) is 50.3 Å². The van der Waals surface area contributed by atoms with Gasteiger partial charge in [-0.15, -0.1) is 0 Å². The number of imidazole rings is 1. The number of nitriles is 1. The Kier molecular flexibility index (Phi) is 9.21. The molecule has 0 amide bonds. The summed E-state index contributed by atoms with van der Waals surface area (Å²) in [6.45, 7) is 13.0. The molecule has 3 heteroatoms. The first kappa shape index (κ1) is 25.7. The SMILES string of the molecule is C=Cc1c(C)nc(CCCC)n1Cc1ccc(-c2cc(-c3ccccc3)ccc2C#N)cc1.CC. The molecule has 0 spiro atoms. The van der Waals surface area contributed by atoms with E-state index in [2.05, 4.69) is 73.5 Å². The van der Waals surface area contributed by atoms with Gasteiger partial charge in [0.05, 0.1) is 23.0 Å². The first-order valence-electron chi connectivity index (χ1n) is 12.5. The Hall–Kier alpha value is -3.90. The summed E-state index contributed by atoms with van der Waals surface area (Å²) in [5, 5.41) is 9.68. The maximum Gasteiger partial charge on any atom is 0.109 e. The number of benzene rings is 3. The lowest BCUT2D eigenvalue weighted by Crippen LogP contribution is -2.07. The Balaban J connectivity index is 0.00000167. The third kappa shape index (κ3) is 5.97. The number of hydrogen-bond acceptors (Lipinski definition) is 2. The molecule has 0 aliphatic rings. The van der Waals surface area contributed by atoms with E-state index in [0.717, 1.165) is 65.3 Å². The third-order valence-corrected chi connectivity index (χ3v) is 6.07. The van der Waals surface area contributed by atoms with Crippen LogP contribution in [0.4, 0.5) is 0 Å². The highest BCUT2D eigenvalue weighted by atomic mass is 15.1. The molecule has 35 heavy (non-hydrogen) atoms. The van der Waals surface area contributed by atoms with E-state index in [1.54, 1.807) is 0 Å². The normalized spacial score (nSPS) is 10.3. The number of aromatic nitrogens is 2. The summed E-state index contributed by atoms with van der Waals surface area (Å²) in [5.74, 6) is 1.12. The second-order valence-corrected chi connectivity index (χ2v) is 8.33. The summed E-state index contributed by atoms with van der Waals surface area (Å²) in [4.78, 5) is 4.80. The predicted molar refractivity (Wildman–Crippen MR) is 148 cm³/mol. The van der Waals surface area contributed by atoms with Crippen molar-refractivity contribution in [1.29, 1.82) is 5.26 Å². The molecule has 0 aliphatic carbocycles. The molecule has 0 N–H and O–H groups in total. The first-order valence-corrected chi connectivity index (χ1v) is 12.5. The number of aryl methyl sites for hydroxylation is 2. The summed E-state index contributed by atoms with van der Waals surface area (Å²) < 4.78 is 2.28. The molecular weight excluding hydrogens is 426 g/mol. The zero-order valence-corrected chi connectivity index (χ0v) is 21.4. The van der Waals surface area contributed by atoms with E-state index in [0.29, 0.717) is 5.56 Å². The third-order valence-electron chi connectivity index (χ3n) is 6.07. The van der Waals surface area contributed by atoms with E-state index in [1.165, 1.54) is 5.56 Å². The van der Waals surface area contributed by atoms with E-state index in [9.17, 15) is 5.26 Å². The number of rotatable bonds is 8. The average Bonchev–Trinajstić information content (AvgIpc) is 3.22. The molecule has 3 nitrogen and oxygen atoms in total. The maximum absolute atomic E-state index is 9.68. The molecule has 0 saturated heterocycles. The van der Waals surface area contributed by atoms with E-state index in [-0.39, 0.29) is 0 Å². The molecule has 4 aromatic rings. The fourth-order valence-corrected chi connectivity index (χ4v) is 4.27. The highest BCUT2D eigenvalue weighted by Gasteiger charge is 2.13. The predicted octanol–water partition coefficient (Wildman–Crippen LogP) is 8.46. The van der Waals surface area contributed by atoms with Crippen LogP contribution in [-0.4, -0.2) is 9.55 Å². The quantitative estimate of drug-likeness (QED) is 0.264. The van der Waals surface area contributed by atoms with Crippen molar-refractivity contribution in [2.75, 3.05) is 0 Å². The maximum atomic E-state index is 9.68. The van der Waals surface area contributed by atoms with Crippen molar-refractivity contribution in [3.63, 3.8) is 0 Å². The van der Waals surface area contributed by atoms with Gasteiger partial charge in [0.15, 0.2) is 0 Å². The molecule has 4 rings (SSSR count). The Morgan fingerprint density at radius 2 is 1.63 bits per heavy atom. The summed E-state index contributed by atoms with van der Waals surface area (Å²) in [6, 6.07) is 27.2. The molecular formula is C32H35N3. The van der Waals surface area contributed by atoms with Crippen molar-refractivity contribution in [3.8, 4) is 28.3 Å². The Morgan fingerprint density at radius 3 is 2.26 bits per heavy atom. The Bertz CT molecular complexity index is 1290. The minimum absolute atomic E-state index is 0.684. The van der Waals surface area contributed by atoms with Gasteiger partial charge in [0.1, 0.15) is 5.82 Å². The number of nitrogens with zero attached hydrogens (tertiary/aromatic N) is 3. The standard InChI is InChI=1S/C30H29N3.C2H6/c1-4-6-12-30-32-22(3)29(5-2)33(30)21-23-13-15-25(16-14-23)28-19-26(17-18-27(28)20-31)24-10-8-7-9-11-24;1-2/h5,7-11,13-19H,2,4,6,12,21H2,1,3H3;1-2H3. The van der Waals surface area contributed by atoms with Crippen LogP contribution in [0, 0.1) is 18.3 Å². The minimum atomic E-state index is 0.684. The van der Waals surface area contributed by atoms with Crippen LogP contribution in [-0.2, 0) is 13.0 Å². The molecule has 0 bridgehead atoms. The topological polar surface area (TPSA) is 41.6 Å². The van der Waals surface area contributed by atoms with Gasteiger partial charge in [-0.3, -0.25) is 0 Å². The van der Waals surface area contributed by atoms with Gasteiger partial charge in [-0.2, -0.15) is 5.26 Å². The van der Waals surface area contributed by atoms with Gasteiger partial charge in [0.2, 0.25) is 0 Å². The largest absolute Gasteiger partial charge is 0.324 e. The van der Waals surface area contributed by atoms with Crippen LogP contribution in [0.2, 0.25) is 0 Å². The second-order valence-electron chi connectivity index (χ2n) is 8.33. The smallest absolute Gasteiger partial charge is 0.109 e. The van der Waals surface area contributed by atoms with Gasteiger partial charge in [-0.25, -0.2) is 4.98 Å². The van der Waals surface area contributed by atoms with Crippen LogP contribution in [0.1, 0.15) is 62.0 Å². The molecule has 1 aromatic heterocycles. The highest BCUT2D eigenvalue weighted by molar-refractivity contribution is 5.77. The van der Waals surface area contributed by atoms with Crippen molar-refractivity contribution in [3.05, 3.63) is 108 Å².